The van der Waals surface area contributed by atoms with Gasteiger partial charge in [0, 0.05) is 12.1 Å². The number of methoxy groups -OCH3 is 2. The third kappa shape index (κ3) is 3.01. The van der Waals surface area contributed by atoms with Crippen LogP contribution in [0.25, 0.3) is 0 Å². The van der Waals surface area contributed by atoms with E-state index in [4.69, 9.17) is 14.2 Å². The Morgan fingerprint density at radius 3 is 2.67 bits per heavy atom. The summed E-state index contributed by atoms with van der Waals surface area (Å²) in [4.78, 5) is 2.53. The minimum absolute atomic E-state index is 0.159. The Balaban J connectivity index is 1.83. The fraction of sp³-hybridized carbons (Fsp3) is 0.647. The molecule has 116 valence electrons. The lowest BCUT2D eigenvalue weighted by molar-refractivity contribution is 0.0115. The van der Waals surface area contributed by atoms with E-state index in [0.29, 0.717) is 0 Å². The van der Waals surface area contributed by atoms with Gasteiger partial charge in [-0.2, -0.15) is 0 Å². The van der Waals surface area contributed by atoms with E-state index in [1.54, 1.807) is 14.2 Å². The largest absolute Gasteiger partial charge is 0.493 e. The summed E-state index contributed by atoms with van der Waals surface area (Å²) < 4.78 is 17.0. The average Bonchev–Trinajstić information content (AvgIpc) is 2.55. The van der Waals surface area contributed by atoms with Crippen molar-refractivity contribution in [3.63, 3.8) is 0 Å². The van der Waals surface area contributed by atoms with Crippen molar-refractivity contribution in [1.29, 1.82) is 0 Å². The number of hydrogen-bond donors (Lipinski definition) is 0. The third-order valence-electron chi connectivity index (χ3n) is 4.58. The highest BCUT2D eigenvalue weighted by Gasteiger charge is 2.27. The lowest BCUT2D eigenvalue weighted by Gasteiger charge is -2.34. The normalized spacial score (nSPS) is 22.7. The maximum Gasteiger partial charge on any atom is 0.164 e. The molecule has 0 spiro atoms. The van der Waals surface area contributed by atoms with E-state index in [9.17, 15) is 0 Å². The molecule has 1 unspecified atom stereocenters. The van der Waals surface area contributed by atoms with Crippen molar-refractivity contribution in [2.75, 3.05) is 40.5 Å². The molecule has 21 heavy (non-hydrogen) atoms. The Morgan fingerprint density at radius 1 is 1.14 bits per heavy atom. The molecule has 2 aliphatic heterocycles. The molecule has 2 aliphatic rings. The molecule has 1 aromatic rings. The highest BCUT2D eigenvalue weighted by molar-refractivity contribution is 5.52. The molecule has 0 aromatic heterocycles. The second-order valence-corrected chi connectivity index (χ2v) is 5.84. The number of rotatable bonds is 4. The molecular formula is C17H25NO3. The fourth-order valence-corrected chi connectivity index (χ4v) is 3.49. The van der Waals surface area contributed by atoms with E-state index in [0.717, 1.165) is 31.1 Å². The summed E-state index contributed by atoms with van der Waals surface area (Å²) in [6.45, 7) is 4.14. The number of ether oxygens (including phenoxy) is 3. The molecular weight excluding hydrogens is 266 g/mol. The number of piperidine rings is 1. The van der Waals surface area contributed by atoms with Crippen LogP contribution in [0.5, 0.6) is 11.5 Å². The standard InChI is InChI=1S/C17H25NO3/c1-19-15-7-6-13-14(17(15)20-2)8-11-21-16(13)12-18-9-4-3-5-10-18/h6-7,16H,3-5,8-12H2,1-2H3. The molecule has 1 aromatic carbocycles. The van der Waals surface area contributed by atoms with Crippen molar-refractivity contribution in [1.82, 2.24) is 4.90 Å². The monoisotopic (exact) mass is 291 g/mol. The first kappa shape index (κ1) is 14.7. The van der Waals surface area contributed by atoms with Gasteiger partial charge in [-0.05, 0) is 44.0 Å². The van der Waals surface area contributed by atoms with Gasteiger partial charge < -0.3 is 19.1 Å². The molecule has 0 N–H and O–H groups in total. The second kappa shape index (κ2) is 6.67. The number of benzene rings is 1. The van der Waals surface area contributed by atoms with Gasteiger partial charge in [0.2, 0.25) is 0 Å². The van der Waals surface area contributed by atoms with Gasteiger partial charge >= 0.3 is 0 Å². The van der Waals surface area contributed by atoms with E-state index < -0.39 is 0 Å². The van der Waals surface area contributed by atoms with Crippen molar-refractivity contribution < 1.29 is 14.2 Å². The Hall–Kier alpha value is -1.26. The molecule has 1 saturated heterocycles. The number of fused-ring (bicyclic) bond motifs is 1. The lowest BCUT2D eigenvalue weighted by atomic mass is 9.95. The predicted octanol–water partition coefficient (Wildman–Crippen LogP) is 2.80. The summed E-state index contributed by atoms with van der Waals surface area (Å²) in [5.74, 6) is 1.69. The lowest BCUT2D eigenvalue weighted by Crippen LogP contribution is -2.35. The van der Waals surface area contributed by atoms with Crippen LogP contribution in [0.1, 0.15) is 36.5 Å². The zero-order valence-electron chi connectivity index (χ0n) is 13.1. The minimum Gasteiger partial charge on any atom is -0.493 e. The SMILES string of the molecule is COc1ccc2c(c1OC)CCOC2CN1CCCCC1. The summed E-state index contributed by atoms with van der Waals surface area (Å²) in [7, 11) is 3.40. The smallest absolute Gasteiger partial charge is 0.164 e. The minimum atomic E-state index is 0.159. The molecule has 1 fully saturated rings. The zero-order chi connectivity index (χ0) is 14.7. The van der Waals surface area contributed by atoms with Gasteiger partial charge in [-0.3, -0.25) is 0 Å². The molecule has 0 radical (unpaired) electrons. The van der Waals surface area contributed by atoms with Crippen LogP contribution >= 0.6 is 0 Å². The van der Waals surface area contributed by atoms with E-state index in [-0.39, 0.29) is 6.10 Å². The van der Waals surface area contributed by atoms with Gasteiger partial charge in [-0.1, -0.05) is 12.5 Å². The maximum absolute atomic E-state index is 6.04. The van der Waals surface area contributed by atoms with Crippen molar-refractivity contribution in [2.45, 2.75) is 31.8 Å². The Kier molecular flexibility index (Phi) is 4.66. The summed E-state index contributed by atoms with van der Waals surface area (Å²) in [5.41, 5.74) is 2.52. The molecule has 0 aliphatic carbocycles. The topological polar surface area (TPSA) is 30.9 Å². The van der Waals surface area contributed by atoms with E-state index in [2.05, 4.69) is 11.0 Å². The highest BCUT2D eigenvalue weighted by Crippen LogP contribution is 2.39. The van der Waals surface area contributed by atoms with Crippen molar-refractivity contribution in [3.05, 3.63) is 23.3 Å². The van der Waals surface area contributed by atoms with Crippen LogP contribution in [0.2, 0.25) is 0 Å². The van der Waals surface area contributed by atoms with E-state index in [1.807, 2.05) is 6.07 Å². The Bertz CT molecular complexity index is 483. The average molecular weight is 291 g/mol. The van der Waals surface area contributed by atoms with Crippen LogP contribution in [0, 0.1) is 0 Å². The van der Waals surface area contributed by atoms with Crippen molar-refractivity contribution in [2.24, 2.45) is 0 Å². The van der Waals surface area contributed by atoms with Crippen LogP contribution in [-0.4, -0.2) is 45.4 Å². The zero-order valence-corrected chi connectivity index (χ0v) is 13.1. The molecule has 0 saturated carbocycles. The molecule has 1 atom stereocenters. The van der Waals surface area contributed by atoms with Crippen LogP contribution in [0.4, 0.5) is 0 Å². The van der Waals surface area contributed by atoms with E-state index in [1.165, 1.54) is 43.5 Å². The molecule has 0 amide bonds. The fourth-order valence-electron chi connectivity index (χ4n) is 3.49. The first-order valence-corrected chi connectivity index (χ1v) is 7.91. The van der Waals surface area contributed by atoms with Gasteiger partial charge in [-0.15, -0.1) is 0 Å². The summed E-state index contributed by atoms with van der Waals surface area (Å²) >= 11 is 0. The summed E-state index contributed by atoms with van der Waals surface area (Å²) in [6.07, 6.45) is 5.04. The molecule has 4 heteroatoms. The summed E-state index contributed by atoms with van der Waals surface area (Å²) in [6, 6.07) is 4.14. The molecule has 3 rings (SSSR count). The third-order valence-corrected chi connectivity index (χ3v) is 4.58. The second-order valence-electron chi connectivity index (χ2n) is 5.84. The van der Waals surface area contributed by atoms with Gasteiger partial charge in [0.1, 0.15) is 0 Å². The number of hydrogen-bond acceptors (Lipinski definition) is 4. The Labute approximate surface area is 127 Å². The summed E-state index contributed by atoms with van der Waals surface area (Å²) in [5, 5.41) is 0. The molecule has 0 bridgehead atoms. The predicted molar refractivity (Wildman–Crippen MR) is 82.2 cm³/mol. The number of nitrogens with zero attached hydrogens (tertiary/aromatic N) is 1. The molecule has 2 heterocycles. The number of likely N-dealkylation sites (tertiary alicyclic amines) is 1. The Morgan fingerprint density at radius 2 is 1.95 bits per heavy atom. The van der Waals surface area contributed by atoms with Gasteiger partial charge in [0.05, 0.1) is 26.9 Å². The van der Waals surface area contributed by atoms with Gasteiger partial charge in [-0.25, -0.2) is 0 Å². The van der Waals surface area contributed by atoms with Crippen molar-refractivity contribution in [3.8, 4) is 11.5 Å². The van der Waals surface area contributed by atoms with Crippen LogP contribution in [-0.2, 0) is 11.2 Å². The highest BCUT2D eigenvalue weighted by atomic mass is 16.5. The van der Waals surface area contributed by atoms with Gasteiger partial charge in [0.25, 0.3) is 0 Å². The van der Waals surface area contributed by atoms with Crippen LogP contribution < -0.4 is 9.47 Å². The molecule has 4 nitrogen and oxygen atoms in total. The first-order valence-electron chi connectivity index (χ1n) is 7.91. The van der Waals surface area contributed by atoms with E-state index >= 15 is 0 Å². The quantitative estimate of drug-likeness (QED) is 0.853. The first-order chi connectivity index (χ1) is 10.3. The van der Waals surface area contributed by atoms with Crippen LogP contribution in [0.15, 0.2) is 12.1 Å². The van der Waals surface area contributed by atoms with Crippen LogP contribution in [0.3, 0.4) is 0 Å². The van der Waals surface area contributed by atoms with Crippen molar-refractivity contribution >= 4 is 0 Å². The maximum atomic E-state index is 6.04. The van der Waals surface area contributed by atoms with Gasteiger partial charge in [0.15, 0.2) is 11.5 Å².